The van der Waals surface area contributed by atoms with Gasteiger partial charge in [0.2, 0.25) is 11.2 Å². The van der Waals surface area contributed by atoms with Gasteiger partial charge in [-0.2, -0.15) is 0 Å². The first-order valence-electron chi connectivity index (χ1n) is 10.8. The van der Waals surface area contributed by atoms with Crippen molar-refractivity contribution in [2.24, 2.45) is 0 Å². The topological polar surface area (TPSA) is 93.9 Å². The summed E-state index contributed by atoms with van der Waals surface area (Å²) in [6, 6.07) is 18.2. The van der Waals surface area contributed by atoms with Crippen LogP contribution in [0.1, 0.15) is 32.7 Å². The molecule has 2 amide bonds. The van der Waals surface area contributed by atoms with Crippen molar-refractivity contribution in [1.82, 2.24) is 4.90 Å². The molecule has 0 unspecified atom stereocenters. The number of hydrogen-bond donors (Lipinski definition) is 0. The Morgan fingerprint density at radius 3 is 2.26 bits per heavy atom. The molecule has 4 aromatic rings. The lowest BCUT2D eigenvalue weighted by molar-refractivity contribution is -0.134. The van der Waals surface area contributed by atoms with Crippen LogP contribution < -0.4 is 10.2 Å². The van der Waals surface area contributed by atoms with Crippen LogP contribution >= 0.6 is 11.6 Å². The third kappa shape index (κ3) is 4.11. The number of hydrogen-bond acceptors (Lipinski definition) is 6. The van der Waals surface area contributed by atoms with Crippen molar-refractivity contribution in [3.8, 4) is 17.1 Å². The highest BCUT2D eigenvalue weighted by molar-refractivity contribution is 6.30. The third-order valence-corrected chi connectivity index (χ3v) is 6.00. The first kappa shape index (κ1) is 22.6. The van der Waals surface area contributed by atoms with Gasteiger partial charge in [-0.05, 0) is 55.5 Å². The van der Waals surface area contributed by atoms with Crippen molar-refractivity contribution in [3.63, 3.8) is 0 Å². The normalized spacial score (nSPS) is 12.8. The summed E-state index contributed by atoms with van der Waals surface area (Å²) in [6.07, 6.45) is -0.295. The average molecular weight is 488 g/mol. The first-order chi connectivity index (χ1) is 16.8. The zero-order chi connectivity index (χ0) is 24.7. The lowest BCUT2D eigenvalue weighted by atomic mass is 10.1. The van der Waals surface area contributed by atoms with Crippen molar-refractivity contribution in [1.29, 1.82) is 0 Å². The molecule has 0 radical (unpaired) electrons. The summed E-state index contributed by atoms with van der Waals surface area (Å²) in [5.41, 5.74) is 1.76. The van der Waals surface area contributed by atoms with Crippen LogP contribution in [0.4, 0.5) is 0 Å². The third-order valence-electron chi connectivity index (χ3n) is 5.74. The van der Waals surface area contributed by atoms with E-state index in [0.717, 1.165) is 10.5 Å². The van der Waals surface area contributed by atoms with Gasteiger partial charge in [-0.1, -0.05) is 35.4 Å². The summed E-state index contributed by atoms with van der Waals surface area (Å²) >= 11 is 5.99. The fourth-order valence-corrected chi connectivity index (χ4v) is 4.11. The van der Waals surface area contributed by atoms with Crippen molar-refractivity contribution in [2.75, 3.05) is 6.54 Å². The Morgan fingerprint density at radius 1 is 0.943 bits per heavy atom. The number of benzene rings is 3. The molecule has 0 spiro atoms. The lowest BCUT2D eigenvalue weighted by Crippen LogP contribution is -2.32. The van der Waals surface area contributed by atoms with Crippen molar-refractivity contribution in [2.45, 2.75) is 13.3 Å². The zero-order valence-electron chi connectivity index (χ0n) is 18.5. The molecule has 0 saturated heterocycles. The summed E-state index contributed by atoms with van der Waals surface area (Å²) in [5, 5.41) is 0.762. The van der Waals surface area contributed by atoms with Crippen LogP contribution in [0.25, 0.3) is 22.3 Å². The summed E-state index contributed by atoms with van der Waals surface area (Å²) in [7, 11) is 0. The van der Waals surface area contributed by atoms with Crippen molar-refractivity contribution in [3.05, 3.63) is 98.7 Å². The number of carbonyl (C=O) groups is 3. The molecule has 5 rings (SSSR count). The smallest absolute Gasteiger partial charge is 0.313 e. The number of esters is 1. The van der Waals surface area contributed by atoms with Crippen LogP contribution in [-0.2, 0) is 4.79 Å². The number of rotatable bonds is 5. The minimum absolute atomic E-state index is 0.0806. The second-order valence-electron chi connectivity index (χ2n) is 8.13. The van der Waals surface area contributed by atoms with Gasteiger partial charge in [-0.15, -0.1) is 0 Å². The van der Waals surface area contributed by atoms with Gasteiger partial charge >= 0.3 is 5.97 Å². The van der Waals surface area contributed by atoms with E-state index in [4.69, 9.17) is 20.8 Å². The van der Waals surface area contributed by atoms with E-state index in [1.165, 1.54) is 0 Å². The predicted molar refractivity (Wildman–Crippen MR) is 130 cm³/mol. The monoisotopic (exact) mass is 487 g/mol. The maximum Gasteiger partial charge on any atom is 0.313 e. The van der Waals surface area contributed by atoms with Crippen LogP contribution in [0, 0.1) is 6.92 Å². The number of aryl methyl sites for hydroxylation is 1. The maximum atomic E-state index is 13.3. The number of ether oxygens (including phenoxy) is 1. The molecule has 174 valence electrons. The highest BCUT2D eigenvalue weighted by Gasteiger charge is 2.35. The predicted octanol–water partition coefficient (Wildman–Crippen LogP) is 5.01. The fraction of sp³-hybridized carbons (Fsp3) is 0.111. The Kier molecular flexibility index (Phi) is 5.70. The molecule has 0 fully saturated rings. The lowest BCUT2D eigenvalue weighted by Gasteiger charge is -2.14. The molecule has 0 atom stereocenters. The van der Waals surface area contributed by atoms with E-state index >= 15 is 0 Å². The number of halogens is 1. The van der Waals surface area contributed by atoms with Gasteiger partial charge in [-0.25, -0.2) is 0 Å². The number of imide groups is 1. The summed E-state index contributed by atoms with van der Waals surface area (Å²) in [5.74, 6) is -1.91. The van der Waals surface area contributed by atoms with Crippen molar-refractivity contribution >= 4 is 40.4 Å². The molecule has 0 saturated carbocycles. The van der Waals surface area contributed by atoms with Crippen LogP contribution in [0.5, 0.6) is 5.75 Å². The fourth-order valence-electron chi connectivity index (χ4n) is 3.99. The molecular weight excluding hydrogens is 470 g/mol. The van der Waals surface area contributed by atoms with Gasteiger partial charge in [0.25, 0.3) is 11.8 Å². The molecule has 1 aromatic heterocycles. The SMILES string of the molecule is Cc1ccc2oc(-c3ccc(Cl)cc3)c(OC(=O)CCN3C(=O)c4ccccc4C3=O)c(=O)c2c1. The van der Waals surface area contributed by atoms with Gasteiger partial charge in [0.05, 0.1) is 22.9 Å². The molecule has 3 aromatic carbocycles. The van der Waals surface area contributed by atoms with Gasteiger partial charge in [0.15, 0.2) is 5.76 Å². The molecule has 1 aliphatic rings. The molecule has 35 heavy (non-hydrogen) atoms. The molecule has 0 N–H and O–H groups in total. The molecule has 1 aliphatic heterocycles. The molecule has 8 heteroatoms. The van der Waals surface area contributed by atoms with Crippen LogP contribution in [0.3, 0.4) is 0 Å². The minimum Gasteiger partial charge on any atom is -0.452 e. The van der Waals surface area contributed by atoms with E-state index in [-0.39, 0.29) is 29.9 Å². The summed E-state index contributed by atoms with van der Waals surface area (Å²) < 4.78 is 11.5. The van der Waals surface area contributed by atoms with Gasteiger partial charge in [0.1, 0.15) is 5.58 Å². The van der Waals surface area contributed by atoms with Gasteiger partial charge in [0, 0.05) is 17.1 Å². The quantitative estimate of drug-likeness (QED) is 0.290. The Balaban J connectivity index is 1.45. The van der Waals surface area contributed by atoms with Crippen LogP contribution in [-0.4, -0.2) is 29.2 Å². The maximum absolute atomic E-state index is 13.3. The van der Waals surface area contributed by atoms with E-state index in [1.54, 1.807) is 60.7 Å². The number of amides is 2. The Bertz CT molecular complexity index is 1540. The Morgan fingerprint density at radius 2 is 1.60 bits per heavy atom. The van der Waals surface area contributed by atoms with E-state index in [2.05, 4.69) is 0 Å². The molecule has 0 aliphatic carbocycles. The Hall–Kier alpha value is -4.23. The first-order valence-corrected chi connectivity index (χ1v) is 11.2. The highest BCUT2D eigenvalue weighted by Crippen LogP contribution is 2.32. The molecular formula is C27H18ClNO6. The van der Waals surface area contributed by atoms with E-state index < -0.39 is 23.2 Å². The standard InChI is InChI=1S/C27H18ClNO6/c1-15-6-11-21-20(14-15)23(31)25(24(34-21)16-7-9-17(28)10-8-16)35-22(30)12-13-29-26(32)18-4-2-3-5-19(18)27(29)33/h2-11,14H,12-13H2,1H3. The minimum atomic E-state index is -0.781. The largest absolute Gasteiger partial charge is 0.452 e. The second-order valence-corrected chi connectivity index (χ2v) is 8.56. The van der Waals surface area contributed by atoms with E-state index in [0.29, 0.717) is 27.3 Å². The van der Waals surface area contributed by atoms with Crippen molar-refractivity contribution < 1.29 is 23.5 Å². The average Bonchev–Trinajstić information content (AvgIpc) is 3.10. The van der Waals surface area contributed by atoms with Crippen LogP contribution in [0.15, 0.2) is 75.9 Å². The summed E-state index contributed by atoms with van der Waals surface area (Å²) in [6.45, 7) is 1.65. The van der Waals surface area contributed by atoms with Crippen LogP contribution in [0.2, 0.25) is 5.02 Å². The zero-order valence-corrected chi connectivity index (χ0v) is 19.3. The Labute approximate surface area is 204 Å². The van der Waals surface area contributed by atoms with Gasteiger partial charge < -0.3 is 9.15 Å². The number of fused-ring (bicyclic) bond motifs is 2. The number of nitrogens with zero attached hydrogens (tertiary/aromatic N) is 1. The van der Waals surface area contributed by atoms with E-state index in [1.807, 2.05) is 13.0 Å². The number of carbonyl (C=O) groups excluding carboxylic acids is 3. The summed E-state index contributed by atoms with van der Waals surface area (Å²) in [4.78, 5) is 52.2. The van der Waals surface area contributed by atoms with Gasteiger partial charge in [-0.3, -0.25) is 24.1 Å². The van der Waals surface area contributed by atoms with E-state index in [9.17, 15) is 19.2 Å². The second kappa shape index (κ2) is 8.85. The molecule has 2 heterocycles. The highest BCUT2D eigenvalue weighted by atomic mass is 35.5. The molecule has 0 bridgehead atoms. The molecule has 7 nitrogen and oxygen atoms in total.